The van der Waals surface area contributed by atoms with E-state index in [4.69, 9.17) is 5.73 Å². The van der Waals surface area contributed by atoms with Crippen LogP contribution in [0, 0.1) is 0 Å². The van der Waals surface area contributed by atoms with E-state index >= 15 is 0 Å². The van der Waals surface area contributed by atoms with Gasteiger partial charge in [-0.15, -0.1) is 0 Å². The molecule has 0 radical (unpaired) electrons. The Kier molecular flexibility index (Phi) is 3.58. The summed E-state index contributed by atoms with van der Waals surface area (Å²) in [4.78, 5) is 5.74. The molecule has 1 heterocycles. The molecule has 19 heavy (non-hydrogen) atoms. The minimum Gasteiger partial charge on any atom is -0.324 e. The molecule has 2 N–H and O–H groups in total. The van der Waals surface area contributed by atoms with Gasteiger partial charge in [0.05, 0.1) is 0 Å². The number of benzene rings is 1. The molecular weight excluding hydrogens is 252 g/mol. The van der Waals surface area contributed by atoms with Gasteiger partial charge in [-0.05, 0) is 55.5 Å². The van der Waals surface area contributed by atoms with Crippen molar-refractivity contribution in [3.8, 4) is 0 Å². The van der Waals surface area contributed by atoms with Gasteiger partial charge in [-0.2, -0.15) is 0 Å². The molecule has 3 rings (SSSR count). The van der Waals surface area contributed by atoms with Crippen LogP contribution in [0.3, 0.4) is 0 Å². The van der Waals surface area contributed by atoms with Gasteiger partial charge in [-0.1, -0.05) is 23.9 Å². The van der Waals surface area contributed by atoms with E-state index in [2.05, 4.69) is 29.2 Å². The van der Waals surface area contributed by atoms with E-state index in [1.807, 2.05) is 19.2 Å². The van der Waals surface area contributed by atoms with Gasteiger partial charge in [0, 0.05) is 22.7 Å². The number of hydrogen-bond donors (Lipinski definition) is 1. The maximum atomic E-state index is 6.01. The van der Waals surface area contributed by atoms with Crippen molar-refractivity contribution in [1.29, 1.82) is 0 Å². The molecular formula is C16H18N2S. The molecule has 1 unspecified atom stereocenters. The average molecular weight is 270 g/mol. The third-order valence-corrected chi connectivity index (χ3v) is 4.60. The average Bonchev–Trinajstić information content (AvgIpc) is 2.86. The van der Waals surface area contributed by atoms with Gasteiger partial charge in [0.1, 0.15) is 5.03 Å². The smallest absolute Gasteiger partial charge is 0.105 e. The number of pyridine rings is 1. The van der Waals surface area contributed by atoms with Crippen molar-refractivity contribution >= 4 is 11.8 Å². The Bertz CT molecular complexity index is 593. The Morgan fingerprint density at radius 1 is 1.21 bits per heavy atom. The van der Waals surface area contributed by atoms with Gasteiger partial charge in [-0.25, -0.2) is 4.98 Å². The Balaban J connectivity index is 1.89. The van der Waals surface area contributed by atoms with Crippen molar-refractivity contribution in [2.45, 2.75) is 42.1 Å². The summed E-state index contributed by atoms with van der Waals surface area (Å²) in [5.74, 6) is 0. The highest BCUT2D eigenvalue weighted by Gasteiger charge is 2.13. The van der Waals surface area contributed by atoms with Crippen LogP contribution in [-0.2, 0) is 12.8 Å². The molecule has 3 heteroatoms. The Morgan fingerprint density at radius 2 is 2.05 bits per heavy atom. The van der Waals surface area contributed by atoms with E-state index in [1.54, 1.807) is 11.8 Å². The maximum absolute atomic E-state index is 6.01. The van der Waals surface area contributed by atoms with E-state index in [-0.39, 0.29) is 6.04 Å². The molecule has 0 saturated heterocycles. The van der Waals surface area contributed by atoms with Crippen LogP contribution in [0.1, 0.15) is 36.1 Å². The fourth-order valence-electron chi connectivity index (χ4n) is 2.56. The van der Waals surface area contributed by atoms with Crippen LogP contribution in [0.25, 0.3) is 0 Å². The number of fused-ring (bicyclic) bond motifs is 1. The molecule has 0 aliphatic heterocycles. The second-order valence-corrected chi connectivity index (χ2v) is 6.13. The molecule has 2 aromatic rings. The summed E-state index contributed by atoms with van der Waals surface area (Å²) in [6.07, 6.45) is 5.57. The minimum atomic E-state index is 0.0191. The van der Waals surface area contributed by atoms with Gasteiger partial charge < -0.3 is 5.73 Å². The maximum Gasteiger partial charge on any atom is 0.105 e. The molecule has 0 amide bonds. The van der Waals surface area contributed by atoms with Crippen LogP contribution in [0.4, 0.5) is 0 Å². The molecule has 0 fully saturated rings. The van der Waals surface area contributed by atoms with Crippen LogP contribution in [0.5, 0.6) is 0 Å². The fraction of sp³-hybridized carbons (Fsp3) is 0.312. The van der Waals surface area contributed by atoms with Crippen LogP contribution >= 0.6 is 11.8 Å². The second kappa shape index (κ2) is 5.35. The summed E-state index contributed by atoms with van der Waals surface area (Å²) in [7, 11) is 0. The Hall–Kier alpha value is -1.32. The van der Waals surface area contributed by atoms with Gasteiger partial charge in [-0.3, -0.25) is 0 Å². The molecule has 1 aromatic heterocycles. The standard InChI is InChI=1S/C16H18N2S/c1-11(17)15-6-3-9-18-16(15)19-14-8-7-12-4-2-5-13(12)10-14/h3,6-11H,2,4-5,17H2,1H3. The molecule has 98 valence electrons. The normalized spacial score (nSPS) is 15.3. The van der Waals surface area contributed by atoms with Crippen LogP contribution in [0.2, 0.25) is 0 Å². The molecule has 2 nitrogen and oxygen atoms in total. The first-order chi connectivity index (χ1) is 9.24. The molecule has 0 spiro atoms. The lowest BCUT2D eigenvalue weighted by Gasteiger charge is -2.11. The first-order valence-corrected chi connectivity index (χ1v) is 7.56. The summed E-state index contributed by atoms with van der Waals surface area (Å²) in [5, 5.41) is 1.02. The summed E-state index contributed by atoms with van der Waals surface area (Å²) < 4.78 is 0. The van der Waals surface area contributed by atoms with Crippen molar-refractivity contribution in [3.05, 3.63) is 53.2 Å². The molecule has 1 aromatic carbocycles. The van der Waals surface area contributed by atoms with Crippen molar-refractivity contribution in [2.75, 3.05) is 0 Å². The van der Waals surface area contributed by atoms with Crippen molar-refractivity contribution < 1.29 is 0 Å². The topological polar surface area (TPSA) is 38.9 Å². The highest BCUT2D eigenvalue weighted by atomic mass is 32.2. The first kappa shape index (κ1) is 12.7. The van der Waals surface area contributed by atoms with Crippen LogP contribution < -0.4 is 5.73 Å². The monoisotopic (exact) mass is 270 g/mol. The van der Waals surface area contributed by atoms with E-state index in [1.165, 1.54) is 35.3 Å². The van der Waals surface area contributed by atoms with E-state index in [0.29, 0.717) is 0 Å². The highest BCUT2D eigenvalue weighted by Crippen LogP contribution is 2.33. The number of rotatable bonds is 3. The molecule has 0 bridgehead atoms. The number of nitrogens with zero attached hydrogens (tertiary/aromatic N) is 1. The summed E-state index contributed by atoms with van der Waals surface area (Å²) in [6.45, 7) is 2.00. The second-order valence-electron chi connectivity index (χ2n) is 5.07. The number of hydrogen-bond acceptors (Lipinski definition) is 3. The summed E-state index contributed by atoms with van der Waals surface area (Å²) >= 11 is 1.72. The predicted molar refractivity (Wildman–Crippen MR) is 79.4 cm³/mol. The lowest BCUT2D eigenvalue weighted by Crippen LogP contribution is -2.07. The number of aromatic nitrogens is 1. The summed E-state index contributed by atoms with van der Waals surface area (Å²) in [5.41, 5.74) is 10.1. The molecule has 0 saturated carbocycles. The van der Waals surface area contributed by atoms with Gasteiger partial charge >= 0.3 is 0 Å². The lowest BCUT2D eigenvalue weighted by molar-refractivity contribution is 0.779. The first-order valence-electron chi connectivity index (χ1n) is 6.74. The van der Waals surface area contributed by atoms with Gasteiger partial charge in [0.15, 0.2) is 0 Å². The SMILES string of the molecule is CC(N)c1cccnc1Sc1ccc2c(c1)CCC2. The lowest BCUT2D eigenvalue weighted by atomic mass is 10.1. The zero-order valence-electron chi connectivity index (χ0n) is 11.1. The summed E-state index contributed by atoms with van der Waals surface area (Å²) in [6, 6.07) is 10.8. The number of nitrogens with two attached hydrogens (primary N) is 1. The van der Waals surface area contributed by atoms with Gasteiger partial charge in [0.25, 0.3) is 0 Å². The fourth-order valence-corrected chi connectivity index (χ4v) is 3.60. The largest absolute Gasteiger partial charge is 0.324 e. The molecule has 1 aliphatic carbocycles. The third kappa shape index (κ3) is 2.67. The van der Waals surface area contributed by atoms with E-state index in [0.717, 1.165) is 10.6 Å². The van der Waals surface area contributed by atoms with E-state index < -0.39 is 0 Å². The molecule has 1 aliphatic rings. The van der Waals surface area contributed by atoms with Crippen molar-refractivity contribution in [3.63, 3.8) is 0 Å². The number of aryl methyl sites for hydroxylation is 2. The predicted octanol–water partition coefficient (Wildman–Crippen LogP) is 3.74. The zero-order valence-corrected chi connectivity index (χ0v) is 11.9. The Labute approximate surface area is 118 Å². The highest BCUT2D eigenvalue weighted by molar-refractivity contribution is 7.99. The Morgan fingerprint density at radius 3 is 2.89 bits per heavy atom. The zero-order chi connectivity index (χ0) is 13.2. The third-order valence-electron chi connectivity index (χ3n) is 3.58. The van der Waals surface area contributed by atoms with Crippen LogP contribution in [0.15, 0.2) is 46.5 Å². The van der Waals surface area contributed by atoms with Gasteiger partial charge in [0.2, 0.25) is 0 Å². The minimum absolute atomic E-state index is 0.0191. The quantitative estimate of drug-likeness (QED) is 0.923. The van der Waals surface area contributed by atoms with E-state index in [9.17, 15) is 0 Å². The van der Waals surface area contributed by atoms with Crippen molar-refractivity contribution in [2.24, 2.45) is 5.73 Å². The van der Waals surface area contributed by atoms with Crippen LogP contribution in [-0.4, -0.2) is 4.98 Å². The van der Waals surface area contributed by atoms with Crippen molar-refractivity contribution in [1.82, 2.24) is 4.98 Å². The molecule has 1 atom stereocenters.